The highest BCUT2D eigenvalue weighted by Crippen LogP contribution is 2.30. The van der Waals surface area contributed by atoms with E-state index >= 15 is 0 Å². The third-order valence-corrected chi connectivity index (χ3v) is 7.40. The van der Waals surface area contributed by atoms with Gasteiger partial charge in [0.1, 0.15) is 4.90 Å². The van der Waals surface area contributed by atoms with Crippen molar-refractivity contribution in [1.82, 2.24) is 9.62 Å². The highest BCUT2D eigenvalue weighted by Gasteiger charge is 2.34. The van der Waals surface area contributed by atoms with Crippen molar-refractivity contribution in [3.05, 3.63) is 64.1 Å². The quantitative estimate of drug-likeness (QED) is 0.743. The molecule has 1 N–H and O–H groups in total. The predicted molar refractivity (Wildman–Crippen MR) is 111 cm³/mol. The van der Waals surface area contributed by atoms with Crippen LogP contribution in [0.5, 0.6) is 0 Å². The lowest BCUT2D eigenvalue weighted by Crippen LogP contribution is -2.45. The van der Waals surface area contributed by atoms with Crippen LogP contribution in [0.25, 0.3) is 0 Å². The normalized spacial score (nSPS) is 18.0. The van der Waals surface area contributed by atoms with Gasteiger partial charge in [-0.25, -0.2) is 8.42 Å². The monoisotopic (exact) mass is 440 g/mol. The van der Waals surface area contributed by atoms with Crippen LogP contribution in [0.4, 0.5) is 0 Å². The summed E-state index contributed by atoms with van der Waals surface area (Å²) in [7, 11) is -3.81. The number of rotatable bonds is 6. The van der Waals surface area contributed by atoms with Crippen molar-refractivity contribution in [2.45, 2.75) is 24.2 Å². The summed E-state index contributed by atoms with van der Waals surface area (Å²) in [5.41, 5.74) is 1.14. The number of amides is 1. The zero-order chi connectivity index (χ0) is 20.1. The first-order chi connectivity index (χ1) is 13.4. The maximum Gasteiger partial charge on any atom is 0.244 e. The Bertz CT molecular complexity index is 936. The zero-order valence-corrected chi connectivity index (χ0v) is 17.6. The van der Waals surface area contributed by atoms with E-state index in [1.807, 2.05) is 30.3 Å². The molecule has 0 bridgehead atoms. The Hall–Kier alpha value is -1.60. The van der Waals surface area contributed by atoms with Crippen molar-refractivity contribution in [3.8, 4) is 0 Å². The van der Waals surface area contributed by atoms with E-state index in [-0.39, 0.29) is 28.3 Å². The first-order valence-corrected chi connectivity index (χ1v) is 11.3. The highest BCUT2D eigenvalue weighted by atomic mass is 35.5. The smallest absolute Gasteiger partial charge is 0.244 e. The average molecular weight is 441 g/mol. The number of carbonyl (C=O) groups is 1. The van der Waals surface area contributed by atoms with Crippen LogP contribution in [0.1, 0.15) is 18.4 Å². The van der Waals surface area contributed by atoms with Crippen LogP contribution in [0.2, 0.25) is 10.0 Å². The molecule has 0 radical (unpaired) electrons. The molecule has 1 fully saturated rings. The van der Waals surface area contributed by atoms with Gasteiger partial charge in [-0.3, -0.25) is 4.79 Å². The first kappa shape index (κ1) is 21.1. The van der Waals surface area contributed by atoms with Crippen LogP contribution in [0, 0.1) is 5.92 Å². The molecule has 1 aliphatic rings. The molecule has 1 heterocycles. The minimum absolute atomic E-state index is 0.0215. The summed E-state index contributed by atoms with van der Waals surface area (Å²) in [5, 5.41) is 3.35. The van der Waals surface area contributed by atoms with Gasteiger partial charge in [0.05, 0.1) is 10.9 Å². The fraction of sp³-hybridized carbons (Fsp3) is 0.350. The number of halogens is 2. The van der Waals surface area contributed by atoms with E-state index in [4.69, 9.17) is 23.2 Å². The molecule has 28 heavy (non-hydrogen) atoms. The minimum atomic E-state index is -3.81. The van der Waals surface area contributed by atoms with Crippen LogP contribution in [-0.2, 0) is 21.2 Å². The Morgan fingerprint density at radius 2 is 1.89 bits per heavy atom. The van der Waals surface area contributed by atoms with E-state index in [0.717, 1.165) is 12.0 Å². The van der Waals surface area contributed by atoms with Crippen molar-refractivity contribution in [1.29, 1.82) is 0 Å². The number of nitrogens with one attached hydrogen (secondary N) is 1. The van der Waals surface area contributed by atoms with Crippen molar-refractivity contribution < 1.29 is 13.2 Å². The van der Waals surface area contributed by atoms with Gasteiger partial charge in [0, 0.05) is 24.7 Å². The third kappa shape index (κ3) is 5.06. The first-order valence-electron chi connectivity index (χ1n) is 9.15. The largest absolute Gasteiger partial charge is 0.355 e. The summed E-state index contributed by atoms with van der Waals surface area (Å²) in [6.07, 6.45) is 2.01. The van der Waals surface area contributed by atoms with Gasteiger partial charge in [0.15, 0.2) is 0 Å². The van der Waals surface area contributed by atoms with Crippen LogP contribution < -0.4 is 5.32 Å². The van der Waals surface area contributed by atoms with Gasteiger partial charge in [0.2, 0.25) is 15.9 Å². The number of sulfonamides is 1. The number of nitrogens with zero attached hydrogens (tertiary/aromatic N) is 1. The van der Waals surface area contributed by atoms with Gasteiger partial charge in [-0.15, -0.1) is 0 Å². The second-order valence-corrected chi connectivity index (χ2v) is 9.55. The molecular formula is C20H22Cl2N2O3S. The molecule has 1 atom stereocenters. The van der Waals surface area contributed by atoms with Gasteiger partial charge in [-0.05, 0) is 43.0 Å². The fourth-order valence-corrected chi connectivity index (χ4v) is 5.57. The summed E-state index contributed by atoms with van der Waals surface area (Å²) in [5.74, 6) is -0.495. The van der Waals surface area contributed by atoms with E-state index in [1.54, 1.807) is 6.07 Å². The SMILES string of the molecule is O=C(NCCc1ccccc1)C1CCCN(S(=O)(=O)c2cc(Cl)ccc2Cl)C1. The Kier molecular flexibility index (Phi) is 6.99. The van der Waals surface area contributed by atoms with Crippen LogP contribution in [0.15, 0.2) is 53.4 Å². The van der Waals surface area contributed by atoms with Gasteiger partial charge >= 0.3 is 0 Å². The zero-order valence-electron chi connectivity index (χ0n) is 15.3. The average Bonchev–Trinajstić information content (AvgIpc) is 2.70. The van der Waals surface area contributed by atoms with Gasteiger partial charge < -0.3 is 5.32 Å². The molecule has 1 aliphatic heterocycles. The topological polar surface area (TPSA) is 66.5 Å². The summed E-state index contributed by atoms with van der Waals surface area (Å²) < 4.78 is 27.3. The predicted octanol–water partition coefficient (Wildman–Crippen LogP) is 3.75. The van der Waals surface area contributed by atoms with E-state index < -0.39 is 10.0 Å². The second-order valence-electron chi connectivity index (χ2n) is 6.80. The lowest BCUT2D eigenvalue weighted by Gasteiger charge is -2.31. The maximum atomic E-state index is 13.0. The molecule has 0 aliphatic carbocycles. The molecule has 8 heteroatoms. The molecule has 0 aromatic heterocycles. The summed E-state index contributed by atoms with van der Waals surface area (Å²) in [4.78, 5) is 12.5. The lowest BCUT2D eigenvalue weighted by molar-refractivity contribution is -0.126. The van der Waals surface area contributed by atoms with Crippen LogP contribution in [0.3, 0.4) is 0 Å². The molecule has 5 nitrogen and oxygen atoms in total. The molecule has 150 valence electrons. The summed E-state index contributed by atoms with van der Waals surface area (Å²) >= 11 is 12.0. The highest BCUT2D eigenvalue weighted by molar-refractivity contribution is 7.89. The molecular weight excluding hydrogens is 419 g/mol. The van der Waals surface area contributed by atoms with Crippen molar-refractivity contribution in [2.75, 3.05) is 19.6 Å². The number of carbonyl (C=O) groups excluding carboxylic acids is 1. The summed E-state index contributed by atoms with van der Waals surface area (Å²) in [6.45, 7) is 1.02. The lowest BCUT2D eigenvalue weighted by atomic mass is 9.99. The number of piperidine rings is 1. The van der Waals surface area contributed by atoms with Crippen molar-refractivity contribution in [2.24, 2.45) is 5.92 Å². The second kappa shape index (κ2) is 9.27. The third-order valence-electron chi connectivity index (χ3n) is 4.82. The Labute approximate surface area is 175 Å². The van der Waals surface area contributed by atoms with Crippen molar-refractivity contribution >= 4 is 39.1 Å². The maximum absolute atomic E-state index is 13.0. The van der Waals surface area contributed by atoms with Crippen molar-refractivity contribution in [3.63, 3.8) is 0 Å². The Morgan fingerprint density at radius 3 is 2.64 bits per heavy atom. The number of benzene rings is 2. The molecule has 0 saturated carbocycles. The van der Waals surface area contributed by atoms with E-state index in [1.165, 1.54) is 16.4 Å². The molecule has 1 amide bonds. The number of hydrogen-bond acceptors (Lipinski definition) is 3. The number of hydrogen-bond donors (Lipinski definition) is 1. The Morgan fingerprint density at radius 1 is 1.14 bits per heavy atom. The molecule has 2 aromatic carbocycles. The molecule has 0 spiro atoms. The minimum Gasteiger partial charge on any atom is -0.355 e. The summed E-state index contributed by atoms with van der Waals surface area (Å²) in [6, 6.07) is 14.3. The molecule has 3 rings (SSSR count). The van der Waals surface area contributed by atoms with E-state index in [9.17, 15) is 13.2 Å². The van der Waals surface area contributed by atoms with E-state index in [0.29, 0.717) is 31.0 Å². The Balaban J connectivity index is 1.63. The standard InChI is InChI=1S/C20H22Cl2N2O3S/c21-17-8-9-18(22)19(13-17)28(26,27)24-12-4-7-16(14-24)20(25)23-11-10-15-5-2-1-3-6-15/h1-3,5-6,8-9,13,16H,4,7,10-12,14H2,(H,23,25). The van der Waals surface area contributed by atoms with Crippen LogP contribution in [-0.4, -0.2) is 38.3 Å². The van der Waals surface area contributed by atoms with Gasteiger partial charge in [-0.2, -0.15) is 4.31 Å². The molecule has 1 saturated heterocycles. The fourth-order valence-electron chi connectivity index (χ4n) is 3.31. The van der Waals surface area contributed by atoms with Crippen LogP contribution >= 0.6 is 23.2 Å². The van der Waals surface area contributed by atoms with Gasteiger partial charge in [-0.1, -0.05) is 53.5 Å². The molecule has 1 unspecified atom stereocenters. The van der Waals surface area contributed by atoms with E-state index in [2.05, 4.69) is 5.32 Å². The molecule has 2 aromatic rings. The van der Waals surface area contributed by atoms with Gasteiger partial charge in [0.25, 0.3) is 0 Å².